The molecular weight excluding hydrogens is 328 g/mol. The number of aromatic nitrogens is 1. The summed E-state index contributed by atoms with van der Waals surface area (Å²) in [4.78, 5) is 42.8. The first kappa shape index (κ1) is 16.8. The summed E-state index contributed by atoms with van der Waals surface area (Å²) >= 11 is 0. The summed E-state index contributed by atoms with van der Waals surface area (Å²) in [6.07, 6.45) is 1.81. The standard InChI is InChI=1S/C21H22N2O3/c1-12-8-13-6-4-5-7-17(13)23(12)20(26)15-9-14-16(22-19(15)25)10-21(2,3)11-18(14)24/h4-7,9,12H,8,10-11H2,1-3H3,(H,22,25)/t12-/m1/s1. The summed E-state index contributed by atoms with van der Waals surface area (Å²) in [6, 6.07) is 9.22. The molecule has 5 heteroatoms. The third-order valence-electron chi connectivity index (χ3n) is 5.37. The number of hydrogen-bond donors (Lipinski definition) is 1. The Morgan fingerprint density at radius 1 is 1.19 bits per heavy atom. The van der Waals surface area contributed by atoms with Crippen LogP contribution >= 0.6 is 0 Å². The topological polar surface area (TPSA) is 70.2 Å². The van der Waals surface area contributed by atoms with E-state index in [2.05, 4.69) is 4.98 Å². The fourth-order valence-electron chi connectivity index (χ4n) is 4.19. The van der Waals surface area contributed by atoms with Gasteiger partial charge in [0.1, 0.15) is 5.56 Å². The van der Waals surface area contributed by atoms with Crippen LogP contribution in [0.2, 0.25) is 0 Å². The summed E-state index contributed by atoms with van der Waals surface area (Å²) in [5.41, 5.74) is 2.50. The molecule has 2 aromatic rings. The van der Waals surface area contributed by atoms with Crippen LogP contribution in [-0.2, 0) is 12.8 Å². The van der Waals surface area contributed by atoms with Crippen LogP contribution in [0.15, 0.2) is 35.1 Å². The Balaban J connectivity index is 1.78. The Morgan fingerprint density at radius 3 is 2.69 bits per heavy atom. The van der Waals surface area contributed by atoms with Crippen LogP contribution in [0, 0.1) is 5.41 Å². The molecule has 1 aromatic heterocycles. The van der Waals surface area contributed by atoms with Crippen LogP contribution in [0.1, 0.15) is 59.2 Å². The van der Waals surface area contributed by atoms with E-state index < -0.39 is 5.56 Å². The third-order valence-corrected chi connectivity index (χ3v) is 5.37. The van der Waals surface area contributed by atoms with E-state index in [0.29, 0.717) is 24.1 Å². The highest BCUT2D eigenvalue weighted by molar-refractivity contribution is 6.09. The molecule has 0 saturated carbocycles. The zero-order valence-electron chi connectivity index (χ0n) is 15.3. The third kappa shape index (κ3) is 2.59. The number of nitrogens with zero attached hydrogens (tertiary/aromatic N) is 1. The van der Waals surface area contributed by atoms with Crippen molar-refractivity contribution in [2.75, 3.05) is 4.90 Å². The smallest absolute Gasteiger partial charge is 0.264 e. The first-order valence-electron chi connectivity index (χ1n) is 8.98. The SMILES string of the molecule is C[C@@H]1Cc2ccccc2N1C(=O)c1cc2c([nH]c1=O)CC(C)(C)CC2=O. The van der Waals surface area contributed by atoms with Gasteiger partial charge < -0.3 is 9.88 Å². The maximum absolute atomic E-state index is 13.2. The Kier molecular flexibility index (Phi) is 3.65. The molecule has 134 valence electrons. The van der Waals surface area contributed by atoms with E-state index in [0.717, 1.165) is 17.7 Å². The summed E-state index contributed by atoms with van der Waals surface area (Å²) in [7, 11) is 0. The molecule has 1 aromatic carbocycles. The van der Waals surface area contributed by atoms with Gasteiger partial charge in [0.25, 0.3) is 11.5 Å². The fraction of sp³-hybridized carbons (Fsp3) is 0.381. The Morgan fingerprint density at radius 2 is 1.92 bits per heavy atom. The molecule has 1 amide bonds. The predicted molar refractivity (Wildman–Crippen MR) is 99.9 cm³/mol. The van der Waals surface area contributed by atoms with Gasteiger partial charge in [-0.1, -0.05) is 32.0 Å². The molecule has 1 atom stereocenters. The molecule has 0 fully saturated rings. The number of carbonyl (C=O) groups is 2. The number of amides is 1. The Bertz CT molecular complexity index is 987. The van der Waals surface area contributed by atoms with Crippen molar-refractivity contribution in [2.24, 2.45) is 5.41 Å². The number of benzene rings is 1. The van der Waals surface area contributed by atoms with Crippen LogP contribution in [-0.4, -0.2) is 22.7 Å². The average molecular weight is 350 g/mol. The number of pyridine rings is 1. The van der Waals surface area contributed by atoms with Crippen molar-refractivity contribution < 1.29 is 9.59 Å². The van der Waals surface area contributed by atoms with E-state index in [-0.39, 0.29) is 28.7 Å². The van der Waals surface area contributed by atoms with Gasteiger partial charge >= 0.3 is 0 Å². The van der Waals surface area contributed by atoms with E-state index in [1.807, 2.05) is 45.0 Å². The molecule has 26 heavy (non-hydrogen) atoms. The second-order valence-corrected chi connectivity index (χ2v) is 8.20. The molecule has 4 rings (SSSR count). The number of aromatic amines is 1. The Hall–Kier alpha value is -2.69. The molecule has 1 N–H and O–H groups in total. The van der Waals surface area contributed by atoms with Gasteiger partial charge in [-0.05, 0) is 42.9 Å². The van der Waals surface area contributed by atoms with Gasteiger partial charge in [-0.3, -0.25) is 14.4 Å². The van der Waals surface area contributed by atoms with Crippen LogP contribution in [0.4, 0.5) is 5.69 Å². The molecule has 0 saturated heterocycles. The number of H-pyrrole nitrogens is 1. The highest BCUT2D eigenvalue weighted by atomic mass is 16.2. The monoisotopic (exact) mass is 350 g/mol. The number of Topliss-reactive ketones (excluding diaryl/α,β-unsaturated/α-hetero) is 1. The highest BCUT2D eigenvalue weighted by Gasteiger charge is 2.35. The lowest BCUT2D eigenvalue weighted by atomic mass is 9.75. The second-order valence-electron chi connectivity index (χ2n) is 8.20. The molecule has 2 aliphatic rings. The molecular formula is C21H22N2O3. The molecule has 1 aliphatic heterocycles. The minimum Gasteiger partial charge on any atom is -0.325 e. The van der Waals surface area contributed by atoms with Crippen molar-refractivity contribution in [1.82, 2.24) is 4.98 Å². The lowest BCUT2D eigenvalue weighted by Crippen LogP contribution is -2.40. The minimum atomic E-state index is -0.421. The predicted octanol–water partition coefficient (Wildman–Crippen LogP) is 3.12. The summed E-state index contributed by atoms with van der Waals surface area (Å²) in [6.45, 7) is 5.99. The van der Waals surface area contributed by atoms with Crippen LogP contribution in [0.5, 0.6) is 0 Å². The van der Waals surface area contributed by atoms with Crippen LogP contribution in [0.3, 0.4) is 0 Å². The van der Waals surface area contributed by atoms with Crippen molar-refractivity contribution in [3.63, 3.8) is 0 Å². The number of para-hydroxylation sites is 1. The first-order chi connectivity index (χ1) is 12.3. The van der Waals surface area contributed by atoms with Crippen LogP contribution < -0.4 is 10.5 Å². The van der Waals surface area contributed by atoms with Crippen molar-refractivity contribution in [3.05, 3.63) is 63.1 Å². The van der Waals surface area contributed by atoms with Gasteiger partial charge in [0.05, 0.1) is 0 Å². The van der Waals surface area contributed by atoms with Crippen molar-refractivity contribution in [1.29, 1.82) is 0 Å². The van der Waals surface area contributed by atoms with E-state index >= 15 is 0 Å². The van der Waals surface area contributed by atoms with E-state index in [4.69, 9.17) is 0 Å². The quantitative estimate of drug-likeness (QED) is 0.859. The number of hydrogen-bond acceptors (Lipinski definition) is 3. The number of ketones is 1. The normalized spacial score (nSPS) is 20.7. The fourth-order valence-corrected chi connectivity index (χ4v) is 4.19. The largest absolute Gasteiger partial charge is 0.325 e. The van der Waals surface area contributed by atoms with Gasteiger partial charge in [0, 0.05) is 29.4 Å². The van der Waals surface area contributed by atoms with Gasteiger partial charge in [-0.15, -0.1) is 0 Å². The highest BCUT2D eigenvalue weighted by Crippen LogP contribution is 2.35. The molecule has 0 radical (unpaired) electrons. The van der Waals surface area contributed by atoms with E-state index in [9.17, 15) is 14.4 Å². The zero-order chi connectivity index (χ0) is 18.6. The number of carbonyl (C=O) groups excluding carboxylic acids is 2. The molecule has 0 spiro atoms. The van der Waals surface area contributed by atoms with Crippen molar-refractivity contribution in [2.45, 2.75) is 46.1 Å². The van der Waals surface area contributed by atoms with Gasteiger partial charge in [-0.2, -0.15) is 0 Å². The zero-order valence-corrected chi connectivity index (χ0v) is 15.3. The molecule has 0 bridgehead atoms. The number of anilines is 1. The lowest BCUT2D eigenvalue weighted by Gasteiger charge is -2.30. The number of rotatable bonds is 1. The van der Waals surface area contributed by atoms with Crippen LogP contribution in [0.25, 0.3) is 0 Å². The molecule has 2 heterocycles. The first-order valence-corrected chi connectivity index (χ1v) is 8.98. The molecule has 5 nitrogen and oxygen atoms in total. The van der Waals surface area contributed by atoms with E-state index in [1.165, 1.54) is 6.07 Å². The Labute approximate surface area is 152 Å². The molecule has 0 unspecified atom stereocenters. The molecule has 1 aliphatic carbocycles. The van der Waals surface area contributed by atoms with Crippen molar-refractivity contribution in [3.8, 4) is 0 Å². The summed E-state index contributed by atoms with van der Waals surface area (Å²) in [5, 5.41) is 0. The van der Waals surface area contributed by atoms with Crippen molar-refractivity contribution >= 4 is 17.4 Å². The summed E-state index contributed by atoms with van der Waals surface area (Å²) in [5.74, 6) is -0.361. The maximum atomic E-state index is 13.2. The van der Waals surface area contributed by atoms with E-state index in [1.54, 1.807) is 4.90 Å². The van der Waals surface area contributed by atoms with Gasteiger partial charge in [-0.25, -0.2) is 0 Å². The summed E-state index contributed by atoms with van der Waals surface area (Å²) < 4.78 is 0. The number of nitrogens with one attached hydrogen (secondary N) is 1. The average Bonchev–Trinajstić information content (AvgIpc) is 2.88. The van der Waals surface area contributed by atoms with Gasteiger partial charge in [0.2, 0.25) is 0 Å². The number of fused-ring (bicyclic) bond motifs is 2. The second kappa shape index (κ2) is 5.66. The van der Waals surface area contributed by atoms with Gasteiger partial charge in [0.15, 0.2) is 5.78 Å². The minimum absolute atomic E-state index is 0.0172. The maximum Gasteiger partial charge on any atom is 0.264 e. The lowest BCUT2D eigenvalue weighted by molar-refractivity contribution is 0.0910.